The fourth-order valence-corrected chi connectivity index (χ4v) is 14.2. The molecule has 0 bridgehead atoms. The summed E-state index contributed by atoms with van der Waals surface area (Å²) in [4.78, 5) is 17.6. The van der Waals surface area contributed by atoms with Crippen LogP contribution in [0.25, 0.3) is 21.9 Å². The predicted molar refractivity (Wildman–Crippen MR) is 217 cm³/mol. The van der Waals surface area contributed by atoms with Crippen molar-refractivity contribution in [2.24, 2.45) is 0 Å². The van der Waals surface area contributed by atoms with Gasteiger partial charge in [0.15, 0.2) is 0 Å². The zero-order valence-corrected chi connectivity index (χ0v) is 38.7. The van der Waals surface area contributed by atoms with Gasteiger partial charge in [0.2, 0.25) is 0 Å². The first kappa shape index (κ1) is 41.0. The van der Waals surface area contributed by atoms with Gasteiger partial charge >= 0.3 is 239 Å². The Morgan fingerprint density at radius 1 is 0.435 bits per heavy atom. The van der Waals surface area contributed by atoms with Crippen molar-refractivity contribution >= 4 is 89.8 Å². The molecule has 46 heavy (non-hydrogen) atoms. The molecule has 0 N–H and O–H groups in total. The SMILES string of the molecule is CCCCCCCCCCCCSc1c2c[c]([Sn]([CH3])([CH3])[CH3])oc2c(SCCCCCCCCCCCC)c2c[c]([Sn]([CH3])([CH3])[CH3])oc12. The summed E-state index contributed by atoms with van der Waals surface area (Å²) in [6.45, 7) is 4.61. The van der Waals surface area contributed by atoms with Crippen LogP contribution in [0.5, 0.6) is 0 Å². The summed E-state index contributed by atoms with van der Waals surface area (Å²) in [5.41, 5.74) is 2.32. The molecular formula is C40H70O2S2Sn2. The molecule has 6 heteroatoms. The van der Waals surface area contributed by atoms with Crippen molar-refractivity contribution in [3.05, 3.63) is 12.1 Å². The molecule has 3 rings (SSSR count). The first-order chi connectivity index (χ1) is 22.1. The second-order valence-electron chi connectivity index (χ2n) is 15.9. The van der Waals surface area contributed by atoms with E-state index in [2.05, 4.69) is 55.6 Å². The number of unbranched alkanes of at least 4 members (excludes halogenated alkanes) is 18. The van der Waals surface area contributed by atoms with Crippen molar-refractivity contribution in [2.75, 3.05) is 11.5 Å². The van der Waals surface area contributed by atoms with E-state index in [0.717, 1.165) is 11.2 Å². The summed E-state index contributed by atoms with van der Waals surface area (Å²) in [6, 6.07) is 4.89. The third kappa shape index (κ3) is 13.7. The predicted octanol–water partition coefficient (Wildman–Crippen LogP) is 14.3. The maximum absolute atomic E-state index is 6.90. The Morgan fingerprint density at radius 2 is 0.717 bits per heavy atom. The van der Waals surface area contributed by atoms with Crippen molar-refractivity contribution in [2.45, 2.75) is 182 Å². The molecule has 0 aliphatic heterocycles. The van der Waals surface area contributed by atoms with Crippen molar-refractivity contribution in [1.82, 2.24) is 0 Å². The van der Waals surface area contributed by atoms with E-state index >= 15 is 0 Å². The number of hydrogen-bond donors (Lipinski definition) is 0. The molecule has 0 unspecified atom stereocenters. The molecule has 2 aromatic heterocycles. The monoisotopic (exact) mass is 886 g/mol. The molecular weight excluding hydrogens is 814 g/mol. The summed E-state index contributed by atoms with van der Waals surface area (Å²) in [7, 11) is 0. The van der Waals surface area contributed by atoms with Crippen LogP contribution in [-0.4, -0.2) is 48.3 Å². The molecule has 2 heterocycles. The zero-order valence-electron chi connectivity index (χ0n) is 31.3. The zero-order chi connectivity index (χ0) is 33.4. The number of fused-ring (bicyclic) bond motifs is 2. The van der Waals surface area contributed by atoms with Gasteiger partial charge in [0.05, 0.1) is 0 Å². The Balaban J connectivity index is 1.70. The summed E-state index contributed by atoms with van der Waals surface area (Å²) in [5.74, 6) is 2.33. The number of rotatable bonds is 26. The van der Waals surface area contributed by atoms with Crippen molar-refractivity contribution in [3.63, 3.8) is 0 Å². The van der Waals surface area contributed by atoms with Gasteiger partial charge in [-0.2, -0.15) is 0 Å². The van der Waals surface area contributed by atoms with Gasteiger partial charge in [-0.05, 0) is 0 Å². The maximum atomic E-state index is 6.90. The quantitative estimate of drug-likeness (QED) is 0.0456. The van der Waals surface area contributed by atoms with Crippen molar-refractivity contribution in [3.8, 4) is 0 Å². The third-order valence-corrected chi connectivity index (χ3v) is 21.6. The number of benzene rings is 1. The Morgan fingerprint density at radius 3 is 1.00 bits per heavy atom. The Labute approximate surface area is 301 Å². The van der Waals surface area contributed by atoms with E-state index in [1.807, 2.05) is 23.5 Å². The van der Waals surface area contributed by atoms with Gasteiger partial charge in [-0.3, -0.25) is 0 Å². The van der Waals surface area contributed by atoms with Crippen LogP contribution >= 0.6 is 23.5 Å². The molecule has 1 aromatic carbocycles. The first-order valence-corrected chi connectivity index (χ1v) is 41.3. The molecule has 262 valence electrons. The van der Waals surface area contributed by atoms with Gasteiger partial charge < -0.3 is 0 Å². The van der Waals surface area contributed by atoms with Gasteiger partial charge in [-0.15, -0.1) is 0 Å². The van der Waals surface area contributed by atoms with Gasteiger partial charge in [0, 0.05) is 0 Å². The molecule has 0 radical (unpaired) electrons. The van der Waals surface area contributed by atoms with E-state index in [0.29, 0.717) is 0 Å². The summed E-state index contributed by atoms with van der Waals surface area (Å²) < 4.78 is 16.4. The van der Waals surface area contributed by atoms with Crippen molar-refractivity contribution in [1.29, 1.82) is 0 Å². The van der Waals surface area contributed by atoms with Crippen LogP contribution < -0.4 is 7.55 Å². The number of hydrogen-bond acceptors (Lipinski definition) is 4. The molecule has 0 aliphatic carbocycles. The molecule has 0 spiro atoms. The molecule has 0 saturated carbocycles. The summed E-state index contributed by atoms with van der Waals surface area (Å²) in [5, 5.41) is 2.67. The molecule has 0 fully saturated rings. The van der Waals surface area contributed by atoms with E-state index < -0.39 is 36.8 Å². The average molecular weight is 885 g/mol. The molecule has 0 atom stereocenters. The minimum absolute atomic E-state index is 1.16. The second-order valence-corrected chi connectivity index (χ2v) is 46.6. The molecule has 3 aromatic rings. The van der Waals surface area contributed by atoms with E-state index in [1.165, 1.54) is 168 Å². The summed E-state index contributed by atoms with van der Waals surface area (Å²) >= 11 is -0.727. The van der Waals surface area contributed by atoms with E-state index in [9.17, 15) is 0 Å². The van der Waals surface area contributed by atoms with Crippen LogP contribution in [0.2, 0.25) is 29.6 Å². The standard InChI is InChI=1S/C34H52O2S2.6CH3.2Sn/c1-3-5-7-9-11-13-15-17-19-21-27-37-33-29-23-25-36-32(29)34(30-24-26-35-31(30)33)38-28-22-20-18-16-14-12-10-8-6-4-2;;;;;;;;/h23-24H,3-22,27-28H2,1-2H3;6*1H3;;. The van der Waals surface area contributed by atoms with Gasteiger partial charge in [0.1, 0.15) is 0 Å². The van der Waals surface area contributed by atoms with Crippen LogP contribution in [0.3, 0.4) is 0 Å². The Hall–Kier alpha value is 0.597. The average Bonchev–Trinajstić information content (AvgIpc) is 3.65. The Kier molecular flexibility index (Phi) is 19.4. The van der Waals surface area contributed by atoms with E-state index in [4.69, 9.17) is 8.83 Å². The van der Waals surface area contributed by atoms with Crippen LogP contribution in [0.1, 0.15) is 142 Å². The third-order valence-electron chi connectivity index (χ3n) is 9.33. The van der Waals surface area contributed by atoms with Crippen LogP contribution in [0, 0.1) is 0 Å². The van der Waals surface area contributed by atoms with Gasteiger partial charge in [0.25, 0.3) is 0 Å². The molecule has 0 amide bonds. The minimum atomic E-state index is -2.41. The topological polar surface area (TPSA) is 26.3 Å². The second kappa shape index (κ2) is 21.7. The molecule has 0 saturated heterocycles. The van der Waals surface area contributed by atoms with Crippen molar-refractivity contribution < 1.29 is 8.83 Å². The first-order valence-electron chi connectivity index (χ1n) is 19.4. The van der Waals surface area contributed by atoms with E-state index in [1.54, 1.807) is 0 Å². The van der Waals surface area contributed by atoms with Gasteiger partial charge in [-0.1, -0.05) is 65.2 Å². The Bertz CT molecular complexity index is 1110. The fourth-order valence-electron chi connectivity index (χ4n) is 6.25. The van der Waals surface area contributed by atoms with Crippen LogP contribution in [0.4, 0.5) is 0 Å². The number of furan rings is 2. The number of thioether (sulfide) groups is 2. The van der Waals surface area contributed by atoms with Crippen LogP contribution in [0.15, 0.2) is 30.8 Å². The van der Waals surface area contributed by atoms with Crippen LogP contribution in [-0.2, 0) is 0 Å². The van der Waals surface area contributed by atoms with Gasteiger partial charge in [-0.25, -0.2) is 0 Å². The molecule has 0 aliphatic rings. The summed E-state index contributed by atoms with van der Waals surface area (Å²) in [6.07, 6.45) is 27.7. The fraction of sp³-hybridized carbons (Fsp3) is 0.750. The van der Waals surface area contributed by atoms with E-state index in [-0.39, 0.29) is 0 Å². The molecule has 2 nitrogen and oxygen atoms in total. The normalized spacial score (nSPS) is 12.7.